The van der Waals surface area contributed by atoms with E-state index in [-0.39, 0.29) is 17.5 Å². The largest absolute Gasteiger partial charge is 0.477 e. The van der Waals surface area contributed by atoms with Crippen LogP contribution in [0.3, 0.4) is 0 Å². The van der Waals surface area contributed by atoms with Crippen LogP contribution in [-0.2, 0) is 9.53 Å². The maximum Gasteiger partial charge on any atom is 0.354 e. The number of rotatable bonds is 3. The number of hydrogen-bond acceptors (Lipinski definition) is 4. The van der Waals surface area contributed by atoms with E-state index in [2.05, 4.69) is 10.3 Å². The van der Waals surface area contributed by atoms with E-state index in [1.807, 2.05) is 0 Å². The standard InChI is InChI=1S/C12H14N2O4/c15-11(8-2-1-5-18-7-8)14-9-3-4-13-10(6-9)12(16)17/h3-4,6,8H,1-2,5,7H2,(H,16,17)(H,13,14,15). The Kier molecular flexibility index (Phi) is 3.88. The summed E-state index contributed by atoms with van der Waals surface area (Å²) < 4.78 is 5.24. The Labute approximate surface area is 104 Å². The molecule has 6 heteroatoms. The number of aromatic carboxylic acids is 1. The van der Waals surface area contributed by atoms with E-state index >= 15 is 0 Å². The third kappa shape index (κ3) is 3.04. The average Bonchev–Trinajstić information content (AvgIpc) is 2.40. The number of amides is 1. The van der Waals surface area contributed by atoms with Crippen LogP contribution >= 0.6 is 0 Å². The summed E-state index contributed by atoms with van der Waals surface area (Å²) in [7, 11) is 0. The number of pyridine rings is 1. The van der Waals surface area contributed by atoms with Crippen molar-refractivity contribution in [3.05, 3.63) is 24.0 Å². The number of nitrogens with one attached hydrogen (secondary N) is 1. The van der Waals surface area contributed by atoms with Crippen LogP contribution in [0.2, 0.25) is 0 Å². The van der Waals surface area contributed by atoms with Crippen LogP contribution in [0.25, 0.3) is 0 Å². The van der Waals surface area contributed by atoms with Crippen LogP contribution in [0.5, 0.6) is 0 Å². The molecule has 18 heavy (non-hydrogen) atoms. The van der Waals surface area contributed by atoms with E-state index in [0.29, 0.717) is 18.9 Å². The Morgan fingerprint density at radius 1 is 1.50 bits per heavy atom. The average molecular weight is 250 g/mol. The smallest absolute Gasteiger partial charge is 0.354 e. The fourth-order valence-electron chi connectivity index (χ4n) is 1.82. The van der Waals surface area contributed by atoms with Crippen molar-refractivity contribution >= 4 is 17.6 Å². The van der Waals surface area contributed by atoms with Crippen LogP contribution in [0, 0.1) is 5.92 Å². The highest BCUT2D eigenvalue weighted by Crippen LogP contribution is 2.16. The number of carbonyl (C=O) groups excluding carboxylic acids is 1. The van der Waals surface area contributed by atoms with Gasteiger partial charge >= 0.3 is 5.97 Å². The van der Waals surface area contributed by atoms with Crippen LogP contribution in [0.15, 0.2) is 18.3 Å². The Hall–Kier alpha value is -1.95. The molecule has 96 valence electrons. The van der Waals surface area contributed by atoms with Gasteiger partial charge in [0, 0.05) is 18.5 Å². The molecule has 0 aliphatic carbocycles. The van der Waals surface area contributed by atoms with Gasteiger partial charge in [0.05, 0.1) is 12.5 Å². The molecule has 0 aromatic carbocycles. The molecule has 2 N–H and O–H groups in total. The van der Waals surface area contributed by atoms with Crippen molar-refractivity contribution in [3.8, 4) is 0 Å². The highest BCUT2D eigenvalue weighted by atomic mass is 16.5. The quantitative estimate of drug-likeness (QED) is 0.839. The van der Waals surface area contributed by atoms with E-state index in [9.17, 15) is 9.59 Å². The number of hydrogen-bond donors (Lipinski definition) is 2. The Morgan fingerprint density at radius 3 is 3.00 bits per heavy atom. The molecule has 0 bridgehead atoms. The zero-order valence-electron chi connectivity index (χ0n) is 9.76. The molecule has 1 fully saturated rings. The molecule has 2 heterocycles. The van der Waals surface area contributed by atoms with Gasteiger partial charge < -0.3 is 15.2 Å². The van der Waals surface area contributed by atoms with Gasteiger partial charge in [0.2, 0.25) is 5.91 Å². The van der Waals surface area contributed by atoms with E-state index in [0.717, 1.165) is 12.8 Å². The Balaban J connectivity index is 2.02. The lowest BCUT2D eigenvalue weighted by Gasteiger charge is -2.21. The first-order chi connectivity index (χ1) is 8.66. The molecule has 1 amide bonds. The lowest BCUT2D eigenvalue weighted by atomic mass is 10.0. The van der Waals surface area contributed by atoms with Crippen molar-refractivity contribution in [1.82, 2.24) is 4.98 Å². The van der Waals surface area contributed by atoms with Gasteiger partial charge in [-0.05, 0) is 25.0 Å². The second kappa shape index (κ2) is 5.59. The third-order valence-corrected chi connectivity index (χ3v) is 2.78. The van der Waals surface area contributed by atoms with Crippen molar-refractivity contribution in [3.63, 3.8) is 0 Å². The highest BCUT2D eigenvalue weighted by molar-refractivity contribution is 5.94. The number of nitrogens with zero attached hydrogens (tertiary/aromatic N) is 1. The molecular formula is C12H14N2O4. The van der Waals surface area contributed by atoms with Crippen LogP contribution in [0.1, 0.15) is 23.3 Å². The molecule has 0 saturated carbocycles. The highest BCUT2D eigenvalue weighted by Gasteiger charge is 2.21. The summed E-state index contributed by atoms with van der Waals surface area (Å²) in [5.74, 6) is -1.43. The third-order valence-electron chi connectivity index (χ3n) is 2.78. The van der Waals surface area contributed by atoms with E-state index in [1.54, 1.807) is 6.07 Å². The maximum absolute atomic E-state index is 11.9. The van der Waals surface area contributed by atoms with Crippen LogP contribution in [-0.4, -0.2) is 35.2 Å². The molecule has 0 radical (unpaired) electrons. The monoisotopic (exact) mass is 250 g/mol. The first-order valence-electron chi connectivity index (χ1n) is 5.75. The molecule has 1 saturated heterocycles. The molecule has 2 rings (SSSR count). The van der Waals surface area contributed by atoms with E-state index < -0.39 is 5.97 Å². The summed E-state index contributed by atoms with van der Waals surface area (Å²) >= 11 is 0. The first kappa shape index (κ1) is 12.5. The summed E-state index contributed by atoms with van der Waals surface area (Å²) in [5, 5.41) is 11.5. The SMILES string of the molecule is O=C(O)c1cc(NC(=O)C2CCCOC2)ccn1. The van der Waals surface area contributed by atoms with Gasteiger partial charge in [0.15, 0.2) is 0 Å². The Bertz CT molecular complexity index is 455. The molecule has 0 spiro atoms. The molecule has 6 nitrogen and oxygen atoms in total. The minimum absolute atomic E-state index is 0.0901. The van der Waals surface area contributed by atoms with Crippen molar-refractivity contribution in [2.24, 2.45) is 5.92 Å². The zero-order valence-corrected chi connectivity index (χ0v) is 9.76. The van der Waals surface area contributed by atoms with Crippen LogP contribution in [0.4, 0.5) is 5.69 Å². The minimum Gasteiger partial charge on any atom is -0.477 e. The maximum atomic E-state index is 11.9. The summed E-state index contributed by atoms with van der Waals surface area (Å²) in [5.41, 5.74) is 0.352. The molecule has 1 unspecified atom stereocenters. The number of carboxylic acids is 1. The van der Waals surface area contributed by atoms with Gasteiger partial charge in [-0.3, -0.25) is 4.79 Å². The van der Waals surface area contributed by atoms with Crippen molar-refractivity contribution in [2.75, 3.05) is 18.5 Å². The summed E-state index contributed by atoms with van der Waals surface area (Å²) in [6.45, 7) is 1.12. The number of carbonyl (C=O) groups is 2. The first-order valence-corrected chi connectivity index (χ1v) is 5.75. The lowest BCUT2D eigenvalue weighted by molar-refractivity contribution is -0.123. The topological polar surface area (TPSA) is 88.5 Å². The molecule has 1 aromatic heterocycles. The van der Waals surface area contributed by atoms with E-state index in [4.69, 9.17) is 9.84 Å². The van der Waals surface area contributed by atoms with Gasteiger partial charge in [-0.2, -0.15) is 0 Å². The predicted octanol–water partition coefficient (Wildman–Crippen LogP) is 1.14. The van der Waals surface area contributed by atoms with Crippen molar-refractivity contribution in [1.29, 1.82) is 0 Å². The molecule has 1 aromatic rings. The van der Waals surface area contributed by atoms with Gasteiger partial charge in [-0.15, -0.1) is 0 Å². The molecular weight excluding hydrogens is 236 g/mol. The van der Waals surface area contributed by atoms with Gasteiger partial charge in [0.25, 0.3) is 0 Å². The van der Waals surface area contributed by atoms with Crippen LogP contribution < -0.4 is 5.32 Å². The fraction of sp³-hybridized carbons (Fsp3) is 0.417. The second-order valence-electron chi connectivity index (χ2n) is 4.14. The van der Waals surface area contributed by atoms with Gasteiger partial charge in [-0.1, -0.05) is 0 Å². The molecule has 1 aliphatic rings. The second-order valence-corrected chi connectivity index (χ2v) is 4.14. The summed E-state index contributed by atoms with van der Waals surface area (Å²) in [6, 6.07) is 2.90. The number of ether oxygens (including phenoxy) is 1. The van der Waals surface area contributed by atoms with Gasteiger partial charge in [0.1, 0.15) is 5.69 Å². The van der Waals surface area contributed by atoms with Crippen molar-refractivity contribution < 1.29 is 19.4 Å². The lowest BCUT2D eigenvalue weighted by Crippen LogP contribution is -2.30. The van der Waals surface area contributed by atoms with Gasteiger partial charge in [-0.25, -0.2) is 9.78 Å². The van der Waals surface area contributed by atoms with Crippen molar-refractivity contribution in [2.45, 2.75) is 12.8 Å². The molecule has 1 atom stereocenters. The normalized spacial score (nSPS) is 19.2. The minimum atomic E-state index is -1.12. The fourth-order valence-corrected chi connectivity index (χ4v) is 1.82. The van der Waals surface area contributed by atoms with E-state index in [1.165, 1.54) is 12.3 Å². The molecule has 1 aliphatic heterocycles. The number of anilines is 1. The summed E-state index contributed by atoms with van der Waals surface area (Å²) in [4.78, 5) is 26.3. The summed E-state index contributed by atoms with van der Waals surface area (Å²) in [6.07, 6.45) is 3.02. The number of carboxylic acid groups (broad SMARTS) is 1. The number of aromatic nitrogens is 1. The Morgan fingerprint density at radius 2 is 2.33 bits per heavy atom. The zero-order chi connectivity index (χ0) is 13.0. The predicted molar refractivity (Wildman–Crippen MR) is 63.4 cm³/mol.